The Balaban J connectivity index is 1.45. The predicted molar refractivity (Wildman–Crippen MR) is 108 cm³/mol. The first kappa shape index (κ1) is 17.2. The Labute approximate surface area is 159 Å². The Hall–Kier alpha value is -2.20. The average molecular weight is 370 g/mol. The second-order valence-corrected chi connectivity index (χ2v) is 7.41. The molecule has 0 aromatic heterocycles. The van der Waals surface area contributed by atoms with Gasteiger partial charge in [0.25, 0.3) is 0 Å². The number of ether oxygens (including phenoxy) is 1. The molecule has 136 valence electrons. The van der Waals surface area contributed by atoms with Crippen molar-refractivity contribution in [2.75, 3.05) is 18.5 Å². The molecule has 1 spiro atoms. The van der Waals surface area contributed by atoms with E-state index in [1.165, 1.54) is 19.3 Å². The first-order valence-electron chi connectivity index (χ1n) is 9.34. The van der Waals surface area contributed by atoms with Gasteiger partial charge in [-0.05, 0) is 43.2 Å². The van der Waals surface area contributed by atoms with Gasteiger partial charge in [-0.2, -0.15) is 0 Å². The van der Waals surface area contributed by atoms with Crippen LogP contribution < -0.4 is 15.4 Å². The fourth-order valence-corrected chi connectivity index (χ4v) is 4.02. The number of rotatable bonds is 4. The molecule has 4 nitrogen and oxygen atoms in total. The van der Waals surface area contributed by atoms with Crippen molar-refractivity contribution in [1.82, 2.24) is 5.32 Å². The van der Waals surface area contributed by atoms with Crippen molar-refractivity contribution in [1.29, 1.82) is 0 Å². The second-order valence-electron chi connectivity index (χ2n) is 6.98. The number of amidine groups is 1. The van der Waals surface area contributed by atoms with Crippen LogP contribution in [0.15, 0.2) is 53.5 Å². The molecule has 1 aliphatic heterocycles. The molecule has 26 heavy (non-hydrogen) atoms. The lowest BCUT2D eigenvalue weighted by Crippen LogP contribution is -2.55. The Kier molecular flexibility index (Phi) is 5.02. The average Bonchev–Trinajstić information content (AvgIpc) is 2.66. The van der Waals surface area contributed by atoms with E-state index in [0.29, 0.717) is 18.2 Å². The predicted octanol–water partition coefficient (Wildman–Crippen LogP) is 5.17. The fourth-order valence-electron chi connectivity index (χ4n) is 3.84. The van der Waals surface area contributed by atoms with Crippen molar-refractivity contribution in [3.63, 3.8) is 0 Å². The summed E-state index contributed by atoms with van der Waals surface area (Å²) in [6, 6.07) is 15.8. The van der Waals surface area contributed by atoms with Crippen molar-refractivity contribution >= 4 is 28.8 Å². The molecule has 2 aromatic carbocycles. The number of anilines is 1. The summed E-state index contributed by atoms with van der Waals surface area (Å²) in [4.78, 5) is 4.95. The molecule has 0 unspecified atom stereocenters. The molecule has 2 aliphatic rings. The Morgan fingerprint density at radius 1 is 1.08 bits per heavy atom. The van der Waals surface area contributed by atoms with Crippen molar-refractivity contribution < 1.29 is 4.74 Å². The van der Waals surface area contributed by atoms with Crippen LogP contribution in [0, 0.1) is 0 Å². The van der Waals surface area contributed by atoms with Gasteiger partial charge in [0.1, 0.15) is 18.2 Å². The molecule has 0 atom stereocenters. The number of benzene rings is 2. The van der Waals surface area contributed by atoms with E-state index < -0.39 is 0 Å². The summed E-state index contributed by atoms with van der Waals surface area (Å²) in [5.74, 6) is 1.84. The molecule has 1 saturated carbocycles. The summed E-state index contributed by atoms with van der Waals surface area (Å²) in [5.41, 5.74) is 2.07. The monoisotopic (exact) mass is 369 g/mol. The first-order valence-corrected chi connectivity index (χ1v) is 9.72. The maximum Gasteiger partial charge on any atom is 0.128 e. The van der Waals surface area contributed by atoms with E-state index in [0.717, 1.165) is 35.8 Å². The highest BCUT2D eigenvalue weighted by atomic mass is 35.5. The van der Waals surface area contributed by atoms with Gasteiger partial charge in [-0.3, -0.25) is 0 Å². The van der Waals surface area contributed by atoms with Crippen LogP contribution in [0.2, 0.25) is 5.02 Å². The van der Waals surface area contributed by atoms with E-state index in [4.69, 9.17) is 21.3 Å². The SMILES string of the molecule is Clc1cccc(OCCNC2=Nc3ccccc3NC23CCCCC3)c1. The number of nitrogens with one attached hydrogen (secondary N) is 2. The summed E-state index contributed by atoms with van der Waals surface area (Å²) in [6.07, 6.45) is 5.99. The van der Waals surface area contributed by atoms with Crippen molar-refractivity contribution in [3.05, 3.63) is 53.6 Å². The van der Waals surface area contributed by atoms with Crippen LogP contribution in [0.3, 0.4) is 0 Å². The molecule has 1 aliphatic carbocycles. The second kappa shape index (κ2) is 7.58. The summed E-state index contributed by atoms with van der Waals surface area (Å²) < 4.78 is 5.80. The maximum absolute atomic E-state index is 6.00. The summed E-state index contributed by atoms with van der Waals surface area (Å²) in [7, 11) is 0. The molecule has 0 bridgehead atoms. The van der Waals surface area contributed by atoms with E-state index in [9.17, 15) is 0 Å². The Morgan fingerprint density at radius 2 is 1.92 bits per heavy atom. The zero-order valence-electron chi connectivity index (χ0n) is 14.8. The molecule has 4 rings (SSSR count). The topological polar surface area (TPSA) is 45.6 Å². The zero-order chi connectivity index (χ0) is 17.8. The fraction of sp³-hybridized carbons (Fsp3) is 0.381. The normalized spacial score (nSPS) is 17.8. The largest absolute Gasteiger partial charge is 0.492 e. The molecule has 0 saturated heterocycles. The highest BCUT2D eigenvalue weighted by Gasteiger charge is 2.40. The number of fused-ring (bicyclic) bond motifs is 1. The third-order valence-electron chi connectivity index (χ3n) is 5.13. The minimum Gasteiger partial charge on any atom is -0.492 e. The zero-order valence-corrected chi connectivity index (χ0v) is 15.6. The standard InChI is InChI=1S/C21H24ClN3O/c22-16-7-6-8-17(15-16)26-14-13-23-20-21(11-4-1-5-12-21)25-19-10-3-2-9-18(19)24-20/h2-3,6-10,15,25H,1,4-5,11-14H2,(H,23,24). The molecule has 5 heteroatoms. The van der Waals surface area contributed by atoms with Crippen LogP contribution in [-0.4, -0.2) is 24.5 Å². The maximum atomic E-state index is 6.00. The van der Waals surface area contributed by atoms with Crippen LogP contribution >= 0.6 is 11.6 Å². The van der Waals surface area contributed by atoms with Gasteiger partial charge < -0.3 is 15.4 Å². The number of halogens is 1. The lowest BCUT2D eigenvalue weighted by molar-refractivity contribution is 0.319. The Bertz CT molecular complexity index is 799. The van der Waals surface area contributed by atoms with Crippen molar-refractivity contribution in [2.24, 2.45) is 4.99 Å². The minimum absolute atomic E-state index is 0.0668. The van der Waals surface area contributed by atoms with Gasteiger partial charge in [-0.1, -0.05) is 49.1 Å². The molecular formula is C21H24ClN3O. The van der Waals surface area contributed by atoms with Crippen LogP contribution in [0.5, 0.6) is 5.75 Å². The number of aliphatic imine (C=N–C) groups is 1. The van der Waals surface area contributed by atoms with E-state index >= 15 is 0 Å². The van der Waals surface area contributed by atoms with E-state index in [1.54, 1.807) is 0 Å². The van der Waals surface area contributed by atoms with Gasteiger partial charge in [0.15, 0.2) is 0 Å². The number of hydrogen-bond donors (Lipinski definition) is 2. The van der Waals surface area contributed by atoms with Gasteiger partial charge >= 0.3 is 0 Å². The third kappa shape index (κ3) is 3.65. The molecular weight excluding hydrogens is 346 g/mol. The third-order valence-corrected chi connectivity index (χ3v) is 5.37. The van der Waals surface area contributed by atoms with E-state index in [1.807, 2.05) is 30.3 Å². The minimum atomic E-state index is -0.0668. The lowest BCUT2D eigenvalue weighted by Gasteiger charge is -2.42. The highest BCUT2D eigenvalue weighted by Crippen LogP contribution is 2.40. The van der Waals surface area contributed by atoms with Gasteiger partial charge in [0, 0.05) is 5.02 Å². The van der Waals surface area contributed by atoms with Crippen LogP contribution in [0.4, 0.5) is 11.4 Å². The lowest BCUT2D eigenvalue weighted by atomic mass is 9.79. The summed E-state index contributed by atoms with van der Waals surface area (Å²) in [6.45, 7) is 1.27. The molecule has 0 amide bonds. The van der Waals surface area contributed by atoms with Gasteiger partial charge in [-0.15, -0.1) is 0 Å². The quantitative estimate of drug-likeness (QED) is 0.731. The van der Waals surface area contributed by atoms with E-state index in [2.05, 4.69) is 28.8 Å². The Morgan fingerprint density at radius 3 is 2.77 bits per heavy atom. The highest BCUT2D eigenvalue weighted by molar-refractivity contribution is 6.30. The molecule has 1 heterocycles. The van der Waals surface area contributed by atoms with Crippen molar-refractivity contribution in [3.8, 4) is 5.75 Å². The van der Waals surface area contributed by atoms with E-state index in [-0.39, 0.29) is 5.54 Å². The number of para-hydroxylation sites is 2. The molecule has 0 radical (unpaired) electrons. The van der Waals surface area contributed by atoms with Gasteiger partial charge in [0.05, 0.1) is 23.5 Å². The smallest absolute Gasteiger partial charge is 0.128 e. The molecule has 1 fully saturated rings. The van der Waals surface area contributed by atoms with Crippen LogP contribution in [0.25, 0.3) is 0 Å². The summed E-state index contributed by atoms with van der Waals surface area (Å²) >= 11 is 6.00. The number of hydrogen-bond acceptors (Lipinski definition) is 4. The molecule has 2 N–H and O–H groups in total. The van der Waals surface area contributed by atoms with Gasteiger partial charge in [0.2, 0.25) is 0 Å². The molecule has 2 aromatic rings. The van der Waals surface area contributed by atoms with Crippen LogP contribution in [-0.2, 0) is 0 Å². The van der Waals surface area contributed by atoms with Gasteiger partial charge in [-0.25, -0.2) is 4.99 Å². The van der Waals surface area contributed by atoms with Crippen molar-refractivity contribution in [2.45, 2.75) is 37.6 Å². The van der Waals surface area contributed by atoms with Crippen LogP contribution in [0.1, 0.15) is 32.1 Å². The summed E-state index contributed by atoms with van der Waals surface area (Å²) in [5, 5.41) is 8.00. The number of nitrogens with zero attached hydrogens (tertiary/aromatic N) is 1. The first-order chi connectivity index (χ1) is 12.8.